The van der Waals surface area contributed by atoms with E-state index in [1.807, 2.05) is 31.2 Å². The number of carbonyl (C=O) groups excluding carboxylic acids is 1. The minimum absolute atomic E-state index is 0.316. The maximum Gasteiger partial charge on any atom is 0.412 e. The molecule has 2 fully saturated rings. The van der Waals surface area contributed by atoms with E-state index in [2.05, 4.69) is 10.6 Å². The van der Waals surface area contributed by atoms with Crippen LogP contribution in [-0.4, -0.2) is 24.7 Å². The van der Waals surface area contributed by atoms with Crippen molar-refractivity contribution in [3.8, 4) is 16.9 Å². The van der Waals surface area contributed by atoms with Gasteiger partial charge in [-0.1, -0.05) is 24.3 Å². The van der Waals surface area contributed by atoms with Gasteiger partial charge in [0, 0.05) is 24.2 Å². The van der Waals surface area contributed by atoms with Crippen molar-refractivity contribution in [1.29, 1.82) is 0 Å². The van der Waals surface area contributed by atoms with Gasteiger partial charge in [-0.3, -0.25) is 0 Å². The van der Waals surface area contributed by atoms with E-state index < -0.39 is 6.09 Å². The zero-order valence-corrected chi connectivity index (χ0v) is 15.5. The van der Waals surface area contributed by atoms with Gasteiger partial charge in [0.25, 0.3) is 0 Å². The lowest BCUT2D eigenvalue weighted by Gasteiger charge is -2.29. The number of aryl methyl sites for hydroxylation is 1. The van der Waals surface area contributed by atoms with Crippen molar-refractivity contribution < 1.29 is 13.9 Å². The first-order valence-corrected chi connectivity index (χ1v) is 9.65. The summed E-state index contributed by atoms with van der Waals surface area (Å²) in [5.74, 6) is 0.629. The van der Waals surface area contributed by atoms with E-state index in [0.29, 0.717) is 41.4 Å². The Hall–Kier alpha value is -2.40. The molecule has 2 bridgehead atoms. The quantitative estimate of drug-likeness (QED) is 0.840. The molecule has 2 aliphatic heterocycles. The van der Waals surface area contributed by atoms with Gasteiger partial charge in [-0.2, -0.15) is 0 Å². The molecule has 2 unspecified atom stereocenters. The molecule has 5 heteroatoms. The topological polar surface area (TPSA) is 50.4 Å². The molecule has 2 heterocycles. The molecule has 0 saturated carbocycles. The van der Waals surface area contributed by atoms with Crippen molar-refractivity contribution in [2.24, 2.45) is 5.92 Å². The predicted molar refractivity (Wildman–Crippen MR) is 103 cm³/mol. The van der Waals surface area contributed by atoms with Crippen molar-refractivity contribution in [2.75, 3.05) is 6.54 Å². The number of nitrogens with one attached hydrogen (secondary N) is 2. The molecule has 2 aromatic carbocycles. The number of carbonyl (C=O) groups is 1. The van der Waals surface area contributed by atoms with Gasteiger partial charge in [0.2, 0.25) is 0 Å². The van der Waals surface area contributed by atoms with E-state index in [1.54, 1.807) is 6.07 Å². The van der Waals surface area contributed by atoms with E-state index in [-0.39, 0.29) is 5.82 Å². The van der Waals surface area contributed by atoms with Gasteiger partial charge in [0.1, 0.15) is 11.6 Å². The average molecular weight is 368 g/mol. The number of halogens is 1. The molecule has 0 spiro atoms. The molecule has 27 heavy (non-hydrogen) atoms. The lowest BCUT2D eigenvalue weighted by atomic mass is 9.92. The van der Waals surface area contributed by atoms with Gasteiger partial charge in [-0.15, -0.1) is 0 Å². The zero-order chi connectivity index (χ0) is 18.8. The summed E-state index contributed by atoms with van der Waals surface area (Å²) in [6.07, 6.45) is 4.24. The Bertz CT molecular complexity index is 827. The first kappa shape index (κ1) is 18.0. The summed E-state index contributed by atoms with van der Waals surface area (Å²) in [6, 6.07) is 13.1. The fraction of sp³-hybridized carbons (Fsp3) is 0.409. The number of fused-ring (bicyclic) bond motifs is 2. The van der Waals surface area contributed by atoms with E-state index in [1.165, 1.54) is 25.0 Å². The molecule has 4 nitrogen and oxygen atoms in total. The molecule has 2 aromatic rings. The Labute approximate surface area is 159 Å². The van der Waals surface area contributed by atoms with Crippen LogP contribution in [0, 0.1) is 18.7 Å². The lowest BCUT2D eigenvalue weighted by molar-refractivity contribution is 0.195. The van der Waals surface area contributed by atoms with Crippen LogP contribution in [0.15, 0.2) is 42.5 Å². The fourth-order valence-electron chi connectivity index (χ4n) is 4.31. The van der Waals surface area contributed by atoms with Crippen molar-refractivity contribution in [3.05, 3.63) is 53.8 Å². The highest BCUT2D eigenvalue weighted by Gasteiger charge is 2.33. The highest BCUT2D eigenvalue weighted by molar-refractivity contribution is 5.77. The Kier molecular flexibility index (Phi) is 5.12. The third kappa shape index (κ3) is 4.30. The summed E-state index contributed by atoms with van der Waals surface area (Å²) in [5, 5.41) is 6.53. The second-order valence-corrected chi connectivity index (χ2v) is 7.76. The number of amides is 1. The zero-order valence-electron chi connectivity index (χ0n) is 15.5. The summed E-state index contributed by atoms with van der Waals surface area (Å²) in [4.78, 5) is 12.4. The first-order valence-electron chi connectivity index (χ1n) is 9.65. The maximum atomic E-state index is 13.6. The monoisotopic (exact) mass is 368 g/mol. The van der Waals surface area contributed by atoms with Crippen LogP contribution in [0.25, 0.3) is 11.1 Å². The van der Waals surface area contributed by atoms with Gasteiger partial charge >= 0.3 is 6.09 Å². The second kappa shape index (κ2) is 7.69. The number of ether oxygens (including phenoxy) is 1. The largest absolute Gasteiger partial charge is 0.412 e. The SMILES string of the molecule is Cc1ccc(-c2cccc(F)c2)c(OC(=O)NCC2CC3CCC(C2)N3)c1. The van der Waals surface area contributed by atoms with Gasteiger partial charge in [0.15, 0.2) is 0 Å². The maximum absolute atomic E-state index is 13.6. The second-order valence-electron chi connectivity index (χ2n) is 7.76. The van der Waals surface area contributed by atoms with Crippen LogP contribution in [0.5, 0.6) is 5.75 Å². The summed E-state index contributed by atoms with van der Waals surface area (Å²) in [7, 11) is 0. The van der Waals surface area contributed by atoms with Crippen LogP contribution in [-0.2, 0) is 0 Å². The van der Waals surface area contributed by atoms with Crippen molar-refractivity contribution in [1.82, 2.24) is 10.6 Å². The normalized spacial score (nSPS) is 23.9. The van der Waals surface area contributed by atoms with Crippen LogP contribution in [0.1, 0.15) is 31.2 Å². The van der Waals surface area contributed by atoms with Crippen LogP contribution in [0.4, 0.5) is 9.18 Å². The number of hydrogen-bond acceptors (Lipinski definition) is 3. The summed E-state index contributed by atoms with van der Waals surface area (Å²) in [6.45, 7) is 2.57. The van der Waals surface area contributed by atoms with E-state index in [0.717, 1.165) is 18.4 Å². The van der Waals surface area contributed by atoms with E-state index >= 15 is 0 Å². The van der Waals surface area contributed by atoms with Crippen LogP contribution in [0.2, 0.25) is 0 Å². The third-order valence-electron chi connectivity index (χ3n) is 5.58. The molecule has 2 saturated heterocycles. The number of benzene rings is 2. The van der Waals surface area contributed by atoms with E-state index in [9.17, 15) is 9.18 Å². The minimum atomic E-state index is -0.455. The van der Waals surface area contributed by atoms with Gasteiger partial charge in [0.05, 0.1) is 0 Å². The Balaban J connectivity index is 1.42. The molecule has 0 aliphatic carbocycles. The van der Waals surface area contributed by atoms with E-state index in [4.69, 9.17) is 4.74 Å². The standard InChI is InChI=1S/C22H25FN2O2/c1-14-5-8-20(16-3-2-4-17(23)12-16)21(9-14)27-22(26)24-13-15-10-18-6-7-19(11-15)25-18/h2-5,8-9,12,15,18-19,25H,6-7,10-11,13H2,1H3,(H,24,26). The Morgan fingerprint density at radius 2 is 1.96 bits per heavy atom. The smallest absolute Gasteiger partial charge is 0.410 e. The third-order valence-corrected chi connectivity index (χ3v) is 5.58. The number of rotatable bonds is 4. The molecule has 0 aromatic heterocycles. The van der Waals surface area contributed by atoms with Crippen LogP contribution < -0.4 is 15.4 Å². The van der Waals surface area contributed by atoms with Crippen molar-refractivity contribution >= 4 is 6.09 Å². The summed E-state index contributed by atoms with van der Waals surface area (Å²) < 4.78 is 19.2. The molecule has 142 valence electrons. The van der Waals surface area contributed by atoms with Gasteiger partial charge in [-0.25, -0.2) is 9.18 Å². The van der Waals surface area contributed by atoms with Crippen molar-refractivity contribution in [2.45, 2.75) is 44.7 Å². The molecule has 2 aliphatic rings. The molecular formula is C22H25FN2O2. The van der Waals surface area contributed by atoms with Crippen molar-refractivity contribution in [3.63, 3.8) is 0 Å². The molecule has 2 N–H and O–H groups in total. The Morgan fingerprint density at radius 1 is 1.19 bits per heavy atom. The first-order chi connectivity index (χ1) is 13.1. The number of piperidine rings is 1. The number of hydrogen-bond donors (Lipinski definition) is 2. The van der Waals surface area contributed by atoms with Gasteiger partial charge in [-0.05, 0) is 67.9 Å². The van der Waals surface area contributed by atoms with Gasteiger partial charge < -0.3 is 15.4 Å². The molecule has 4 rings (SSSR count). The highest BCUT2D eigenvalue weighted by atomic mass is 19.1. The molecule has 1 amide bonds. The average Bonchev–Trinajstić information content (AvgIpc) is 2.98. The minimum Gasteiger partial charge on any atom is -0.410 e. The van der Waals surface area contributed by atoms with Crippen LogP contribution in [0.3, 0.4) is 0 Å². The molecule has 2 atom stereocenters. The summed E-state index contributed by atoms with van der Waals surface area (Å²) >= 11 is 0. The fourth-order valence-corrected chi connectivity index (χ4v) is 4.31. The molecule has 0 radical (unpaired) electrons. The predicted octanol–water partition coefficient (Wildman–Crippen LogP) is 4.42. The van der Waals surface area contributed by atoms with Crippen LogP contribution >= 0.6 is 0 Å². The Morgan fingerprint density at radius 3 is 2.70 bits per heavy atom. The molecular weight excluding hydrogens is 343 g/mol. The summed E-state index contributed by atoms with van der Waals surface area (Å²) in [5.41, 5.74) is 2.37. The highest BCUT2D eigenvalue weighted by Crippen LogP contribution is 2.32. The lowest BCUT2D eigenvalue weighted by Crippen LogP contribution is -2.42.